The highest BCUT2D eigenvalue weighted by Crippen LogP contribution is 2.30. The average Bonchev–Trinajstić information content (AvgIpc) is 3.35. The van der Waals surface area contributed by atoms with Crippen molar-refractivity contribution in [1.82, 2.24) is 19.3 Å². The van der Waals surface area contributed by atoms with Crippen LogP contribution in [0.2, 0.25) is 0 Å². The summed E-state index contributed by atoms with van der Waals surface area (Å²) in [5.41, 5.74) is 0.777. The molecule has 8 nitrogen and oxygen atoms in total. The van der Waals surface area contributed by atoms with E-state index in [0.29, 0.717) is 0 Å². The molecular weight excluding hydrogens is 372 g/mol. The molecule has 0 spiro atoms. The first-order valence-corrected chi connectivity index (χ1v) is 10.0. The molecular formula is C16H18N6O2S2. The Morgan fingerprint density at radius 2 is 1.96 bits per heavy atom. The van der Waals surface area contributed by atoms with Gasteiger partial charge in [0, 0.05) is 44.1 Å². The minimum absolute atomic E-state index is 0.104. The van der Waals surface area contributed by atoms with E-state index in [0.717, 1.165) is 59.6 Å². The van der Waals surface area contributed by atoms with E-state index in [-0.39, 0.29) is 5.82 Å². The molecule has 0 bridgehead atoms. The SMILES string of the molecule is CCc1nsc(N2CCN(c3nc(C(=O)OC)nc4ccsc34)CC2)n1. The lowest BCUT2D eigenvalue weighted by molar-refractivity contribution is 0.0587. The molecule has 1 aliphatic heterocycles. The van der Waals surface area contributed by atoms with Gasteiger partial charge in [-0.1, -0.05) is 6.92 Å². The third-order valence-electron chi connectivity index (χ3n) is 4.28. The fourth-order valence-electron chi connectivity index (χ4n) is 2.87. The molecule has 0 N–H and O–H groups in total. The van der Waals surface area contributed by atoms with E-state index in [1.165, 1.54) is 18.6 Å². The van der Waals surface area contributed by atoms with Crippen LogP contribution in [0.5, 0.6) is 0 Å². The highest BCUT2D eigenvalue weighted by atomic mass is 32.1. The third-order valence-corrected chi connectivity index (χ3v) is 5.99. The number of piperazine rings is 1. The van der Waals surface area contributed by atoms with E-state index in [2.05, 4.69) is 36.0 Å². The third kappa shape index (κ3) is 3.10. The van der Waals surface area contributed by atoms with Gasteiger partial charge in [0.25, 0.3) is 0 Å². The van der Waals surface area contributed by atoms with Gasteiger partial charge in [0.05, 0.1) is 17.3 Å². The number of fused-ring (bicyclic) bond motifs is 1. The molecule has 3 aromatic heterocycles. The van der Waals surface area contributed by atoms with E-state index < -0.39 is 5.97 Å². The van der Waals surface area contributed by atoms with E-state index in [9.17, 15) is 4.79 Å². The molecule has 10 heteroatoms. The zero-order chi connectivity index (χ0) is 18.1. The Balaban J connectivity index is 1.57. The summed E-state index contributed by atoms with van der Waals surface area (Å²) in [6, 6.07) is 1.90. The van der Waals surface area contributed by atoms with Crippen LogP contribution in [0.1, 0.15) is 23.4 Å². The average molecular weight is 390 g/mol. The number of thiophene rings is 1. The lowest BCUT2D eigenvalue weighted by Gasteiger charge is -2.35. The smallest absolute Gasteiger partial charge is 0.376 e. The molecule has 0 aromatic carbocycles. The number of hydrogen-bond donors (Lipinski definition) is 0. The van der Waals surface area contributed by atoms with Gasteiger partial charge in [-0.05, 0) is 11.4 Å². The van der Waals surface area contributed by atoms with Crippen LogP contribution in [0.25, 0.3) is 10.2 Å². The highest BCUT2D eigenvalue weighted by molar-refractivity contribution is 7.17. The zero-order valence-electron chi connectivity index (χ0n) is 14.5. The number of rotatable bonds is 4. The van der Waals surface area contributed by atoms with Gasteiger partial charge in [0.2, 0.25) is 11.0 Å². The van der Waals surface area contributed by atoms with Crippen LogP contribution < -0.4 is 9.80 Å². The van der Waals surface area contributed by atoms with Crippen molar-refractivity contribution >= 4 is 50.0 Å². The summed E-state index contributed by atoms with van der Waals surface area (Å²) < 4.78 is 10.2. The number of nitrogens with zero attached hydrogens (tertiary/aromatic N) is 6. The summed E-state index contributed by atoms with van der Waals surface area (Å²) >= 11 is 3.04. The summed E-state index contributed by atoms with van der Waals surface area (Å²) in [7, 11) is 1.34. The molecule has 1 aliphatic rings. The molecule has 4 rings (SSSR count). The summed E-state index contributed by atoms with van der Waals surface area (Å²) in [4.78, 5) is 29.7. The van der Waals surface area contributed by atoms with Crippen molar-refractivity contribution in [2.24, 2.45) is 0 Å². The van der Waals surface area contributed by atoms with Gasteiger partial charge in [0.15, 0.2) is 5.82 Å². The molecule has 0 aliphatic carbocycles. The molecule has 0 unspecified atom stereocenters. The molecule has 0 atom stereocenters. The second kappa shape index (κ2) is 7.12. The Bertz CT molecular complexity index is 932. The van der Waals surface area contributed by atoms with Gasteiger partial charge in [-0.25, -0.2) is 19.7 Å². The predicted molar refractivity (Wildman–Crippen MR) is 102 cm³/mol. The first-order chi connectivity index (χ1) is 12.7. The molecule has 0 radical (unpaired) electrons. The van der Waals surface area contributed by atoms with Crippen LogP contribution in [-0.4, -0.2) is 58.6 Å². The summed E-state index contributed by atoms with van der Waals surface area (Å²) in [5, 5.41) is 2.94. The number of ether oxygens (including phenoxy) is 1. The second-order valence-corrected chi connectivity index (χ2v) is 7.46. The van der Waals surface area contributed by atoms with Crippen molar-refractivity contribution in [2.45, 2.75) is 13.3 Å². The predicted octanol–water partition coefficient (Wildman–Crippen LogP) is 2.22. The molecule has 1 fully saturated rings. The quantitative estimate of drug-likeness (QED) is 0.627. The number of aromatic nitrogens is 4. The largest absolute Gasteiger partial charge is 0.463 e. The van der Waals surface area contributed by atoms with Gasteiger partial charge in [-0.2, -0.15) is 4.37 Å². The topological polar surface area (TPSA) is 84.3 Å². The summed E-state index contributed by atoms with van der Waals surface area (Å²) in [6.07, 6.45) is 0.851. The summed E-state index contributed by atoms with van der Waals surface area (Å²) in [5.74, 6) is 1.29. The standard InChI is InChI=1S/C16H18N6O2S2/c1-3-11-18-16(26-20-11)22-7-5-21(6-8-22)14-12-10(4-9-25-12)17-13(19-14)15(23)24-2/h4,9H,3,5-8H2,1-2H3. The van der Waals surface area contributed by atoms with Gasteiger partial charge in [-0.3, -0.25) is 0 Å². The first kappa shape index (κ1) is 17.1. The maximum atomic E-state index is 11.9. The maximum absolute atomic E-state index is 11.9. The van der Waals surface area contributed by atoms with Crippen LogP contribution in [-0.2, 0) is 11.2 Å². The van der Waals surface area contributed by atoms with E-state index in [1.54, 1.807) is 11.3 Å². The van der Waals surface area contributed by atoms with Crippen LogP contribution >= 0.6 is 22.9 Å². The van der Waals surface area contributed by atoms with Gasteiger partial charge in [0.1, 0.15) is 5.82 Å². The Labute approximate surface area is 158 Å². The monoisotopic (exact) mass is 390 g/mol. The molecule has 0 amide bonds. The number of methoxy groups -OCH3 is 1. The van der Waals surface area contributed by atoms with Crippen molar-refractivity contribution in [3.05, 3.63) is 23.1 Å². The Kier molecular flexibility index (Phi) is 4.68. The van der Waals surface area contributed by atoms with E-state index in [1.807, 2.05) is 11.4 Å². The van der Waals surface area contributed by atoms with Crippen LogP contribution in [0.15, 0.2) is 11.4 Å². The molecule has 0 saturated carbocycles. The highest BCUT2D eigenvalue weighted by Gasteiger charge is 2.24. The fourth-order valence-corrected chi connectivity index (χ4v) is 4.52. The molecule has 1 saturated heterocycles. The number of carbonyl (C=O) groups excluding carboxylic acids is 1. The fraction of sp³-hybridized carbons (Fsp3) is 0.438. The maximum Gasteiger partial charge on any atom is 0.376 e. The lowest BCUT2D eigenvalue weighted by Crippen LogP contribution is -2.47. The van der Waals surface area contributed by atoms with Crippen molar-refractivity contribution in [3.63, 3.8) is 0 Å². The lowest BCUT2D eigenvalue weighted by atomic mass is 10.3. The van der Waals surface area contributed by atoms with E-state index >= 15 is 0 Å². The van der Waals surface area contributed by atoms with Crippen molar-refractivity contribution in [2.75, 3.05) is 43.1 Å². The number of aryl methyl sites for hydroxylation is 1. The number of carbonyl (C=O) groups is 1. The molecule has 136 valence electrons. The van der Waals surface area contributed by atoms with Gasteiger partial charge in [-0.15, -0.1) is 11.3 Å². The number of esters is 1. The minimum Gasteiger partial charge on any atom is -0.463 e. The normalized spacial score (nSPS) is 14.8. The molecule has 26 heavy (non-hydrogen) atoms. The Morgan fingerprint density at radius 1 is 1.19 bits per heavy atom. The Hall–Kier alpha value is -2.33. The van der Waals surface area contributed by atoms with Gasteiger partial charge >= 0.3 is 5.97 Å². The zero-order valence-corrected chi connectivity index (χ0v) is 16.1. The van der Waals surface area contributed by atoms with Crippen LogP contribution in [0.4, 0.5) is 10.9 Å². The number of anilines is 2. The van der Waals surface area contributed by atoms with Crippen molar-refractivity contribution in [1.29, 1.82) is 0 Å². The number of hydrogen-bond acceptors (Lipinski definition) is 10. The minimum atomic E-state index is -0.515. The molecule has 4 heterocycles. The molecule has 3 aromatic rings. The van der Waals surface area contributed by atoms with Gasteiger partial charge < -0.3 is 14.5 Å². The van der Waals surface area contributed by atoms with Crippen molar-refractivity contribution < 1.29 is 9.53 Å². The Morgan fingerprint density at radius 3 is 2.65 bits per heavy atom. The second-order valence-electron chi connectivity index (χ2n) is 5.82. The van der Waals surface area contributed by atoms with Crippen molar-refractivity contribution in [3.8, 4) is 0 Å². The van der Waals surface area contributed by atoms with Crippen LogP contribution in [0.3, 0.4) is 0 Å². The first-order valence-electron chi connectivity index (χ1n) is 8.35. The summed E-state index contributed by atoms with van der Waals surface area (Å²) in [6.45, 7) is 5.33. The van der Waals surface area contributed by atoms with E-state index in [4.69, 9.17) is 4.74 Å². The van der Waals surface area contributed by atoms with Crippen LogP contribution in [0, 0.1) is 0 Å².